The number of anilines is 1. The summed E-state index contributed by atoms with van der Waals surface area (Å²) in [5.41, 5.74) is 4.94. The van der Waals surface area contributed by atoms with Crippen molar-refractivity contribution in [3.05, 3.63) is 89.5 Å². The van der Waals surface area contributed by atoms with Crippen molar-refractivity contribution in [3.8, 4) is 11.5 Å². The van der Waals surface area contributed by atoms with Gasteiger partial charge in [0.15, 0.2) is 0 Å². The SMILES string of the molecule is Cl.Oc1ccc2c(c1)CCN(c1ccccc1)C2c1ccc(OCCN2CCCC2)cc1. The lowest BCUT2D eigenvalue weighted by atomic mass is 9.87. The van der Waals surface area contributed by atoms with E-state index in [1.807, 2.05) is 6.07 Å². The summed E-state index contributed by atoms with van der Waals surface area (Å²) in [6, 6.07) is 25.1. The van der Waals surface area contributed by atoms with Crippen LogP contribution in [0, 0.1) is 0 Å². The third-order valence-corrected chi connectivity index (χ3v) is 6.51. The van der Waals surface area contributed by atoms with Gasteiger partial charge < -0.3 is 14.7 Å². The minimum atomic E-state index is 0. The average Bonchev–Trinajstić information content (AvgIpc) is 3.33. The fourth-order valence-corrected chi connectivity index (χ4v) is 4.92. The van der Waals surface area contributed by atoms with E-state index in [4.69, 9.17) is 4.74 Å². The van der Waals surface area contributed by atoms with Gasteiger partial charge in [-0.1, -0.05) is 36.4 Å². The summed E-state index contributed by atoms with van der Waals surface area (Å²) in [6.45, 7) is 5.06. The molecule has 1 atom stereocenters. The summed E-state index contributed by atoms with van der Waals surface area (Å²) in [6.07, 6.45) is 3.55. The molecule has 2 heterocycles. The Morgan fingerprint density at radius 1 is 0.875 bits per heavy atom. The van der Waals surface area contributed by atoms with Crippen LogP contribution >= 0.6 is 12.4 Å². The van der Waals surface area contributed by atoms with Crippen molar-refractivity contribution in [3.63, 3.8) is 0 Å². The fourth-order valence-electron chi connectivity index (χ4n) is 4.92. The van der Waals surface area contributed by atoms with E-state index in [9.17, 15) is 5.11 Å². The van der Waals surface area contributed by atoms with Crippen molar-refractivity contribution in [2.24, 2.45) is 0 Å². The molecule has 2 aliphatic rings. The number of benzene rings is 3. The van der Waals surface area contributed by atoms with Gasteiger partial charge in [-0.3, -0.25) is 4.90 Å². The van der Waals surface area contributed by atoms with Gasteiger partial charge in [-0.25, -0.2) is 0 Å². The van der Waals surface area contributed by atoms with E-state index < -0.39 is 0 Å². The van der Waals surface area contributed by atoms with Crippen LogP contribution in [0.15, 0.2) is 72.8 Å². The summed E-state index contributed by atoms with van der Waals surface area (Å²) >= 11 is 0. The summed E-state index contributed by atoms with van der Waals surface area (Å²) < 4.78 is 6.02. The zero-order valence-corrected chi connectivity index (χ0v) is 19.1. The molecule has 4 nitrogen and oxygen atoms in total. The summed E-state index contributed by atoms with van der Waals surface area (Å²) in [7, 11) is 0. The van der Waals surface area contributed by atoms with Gasteiger partial charge in [0, 0.05) is 18.8 Å². The molecule has 1 unspecified atom stereocenters. The molecular formula is C27H31ClN2O2. The van der Waals surface area contributed by atoms with Crippen molar-refractivity contribution in [2.45, 2.75) is 25.3 Å². The van der Waals surface area contributed by atoms with Gasteiger partial charge in [-0.15, -0.1) is 12.4 Å². The lowest BCUT2D eigenvalue weighted by molar-refractivity contribution is 0.237. The predicted octanol–water partition coefficient (Wildman–Crippen LogP) is 5.44. The molecule has 2 aliphatic heterocycles. The van der Waals surface area contributed by atoms with Gasteiger partial charge in [0.25, 0.3) is 0 Å². The van der Waals surface area contributed by atoms with E-state index in [0.29, 0.717) is 5.75 Å². The smallest absolute Gasteiger partial charge is 0.119 e. The molecule has 0 bridgehead atoms. The second-order valence-corrected chi connectivity index (χ2v) is 8.53. The van der Waals surface area contributed by atoms with E-state index in [-0.39, 0.29) is 18.4 Å². The van der Waals surface area contributed by atoms with Gasteiger partial charge in [0.05, 0.1) is 6.04 Å². The summed E-state index contributed by atoms with van der Waals surface area (Å²) in [5.74, 6) is 1.27. The van der Waals surface area contributed by atoms with E-state index in [0.717, 1.165) is 31.9 Å². The van der Waals surface area contributed by atoms with Crippen LogP contribution in [0.4, 0.5) is 5.69 Å². The maximum Gasteiger partial charge on any atom is 0.119 e. The number of hydrogen-bond acceptors (Lipinski definition) is 4. The number of para-hydroxylation sites is 1. The maximum absolute atomic E-state index is 9.99. The van der Waals surface area contributed by atoms with Crippen molar-refractivity contribution in [1.82, 2.24) is 4.90 Å². The first-order valence-corrected chi connectivity index (χ1v) is 11.4. The molecule has 0 amide bonds. The Balaban J connectivity index is 0.00000245. The van der Waals surface area contributed by atoms with Crippen LogP contribution in [0.5, 0.6) is 11.5 Å². The monoisotopic (exact) mass is 450 g/mol. The van der Waals surface area contributed by atoms with E-state index in [2.05, 4.69) is 70.5 Å². The first-order chi connectivity index (χ1) is 15.3. The summed E-state index contributed by atoms with van der Waals surface area (Å²) in [5, 5.41) is 9.99. The molecule has 168 valence electrons. The zero-order chi connectivity index (χ0) is 21.0. The Bertz CT molecular complexity index is 1000. The number of halogens is 1. The number of nitrogens with zero attached hydrogens (tertiary/aromatic N) is 2. The van der Waals surface area contributed by atoms with Crippen LogP contribution in [0.3, 0.4) is 0 Å². The molecule has 32 heavy (non-hydrogen) atoms. The fraction of sp³-hybridized carbons (Fsp3) is 0.333. The number of fused-ring (bicyclic) bond motifs is 1. The van der Waals surface area contributed by atoms with Gasteiger partial charge in [-0.2, -0.15) is 0 Å². The minimum Gasteiger partial charge on any atom is -0.508 e. The van der Waals surface area contributed by atoms with E-state index >= 15 is 0 Å². The number of ether oxygens (including phenoxy) is 1. The number of likely N-dealkylation sites (tertiary alicyclic amines) is 1. The Kier molecular flexibility index (Phi) is 7.23. The molecule has 1 saturated heterocycles. The number of phenolic OH excluding ortho intramolecular Hbond substituents is 1. The van der Waals surface area contributed by atoms with Crippen molar-refractivity contribution >= 4 is 18.1 Å². The zero-order valence-electron chi connectivity index (χ0n) is 18.3. The van der Waals surface area contributed by atoms with E-state index in [1.165, 1.54) is 48.3 Å². The second kappa shape index (κ2) is 10.3. The van der Waals surface area contributed by atoms with E-state index in [1.54, 1.807) is 6.07 Å². The molecule has 0 saturated carbocycles. The topological polar surface area (TPSA) is 35.9 Å². The van der Waals surface area contributed by atoms with Crippen LogP contribution in [-0.4, -0.2) is 42.8 Å². The van der Waals surface area contributed by atoms with Gasteiger partial charge in [0.2, 0.25) is 0 Å². The standard InChI is InChI=1S/C27H30N2O2.ClH/c30-24-10-13-26-22(20-24)14-17-29(23-6-2-1-3-7-23)27(26)21-8-11-25(12-9-21)31-19-18-28-15-4-5-16-28;/h1-3,6-13,20,27,30H,4-5,14-19H2;1H. The van der Waals surface area contributed by atoms with Crippen LogP contribution < -0.4 is 9.64 Å². The predicted molar refractivity (Wildman–Crippen MR) is 132 cm³/mol. The van der Waals surface area contributed by atoms with Crippen molar-refractivity contribution < 1.29 is 9.84 Å². The molecule has 5 rings (SSSR count). The molecule has 3 aromatic carbocycles. The highest BCUT2D eigenvalue weighted by atomic mass is 35.5. The van der Waals surface area contributed by atoms with Crippen molar-refractivity contribution in [1.29, 1.82) is 0 Å². The molecule has 5 heteroatoms. The van der Waals surface area contributed by atoms with Crippen LogP contribution in [0.1, 0.15) is 35.6 Å². The first kappa shape index (κ1) is 22.5. The molecular weight excluding hydrogens is 420 g/mol. The van der Waals surface area contributed by atoms with Crippen LogP contribution in [-0.2, 0) is 6.42 Å². The lowest BCUT2D eigenvalue weighted by Gasteiger charge is -2.39. The summed E-state index contributed by atoms with van der Waals surface area (Å²) in [4.78, 5) is 4.93. The highest BCUT2D eigenvalue weighted by Gasteiger charge is 2.29. The second-order valence-electron chi connectivity index (χ2n) is 8.53. The first-order valence-electron chi connectivity index (χ1n) is 11.4. The molecule has 0 aliphatic carbocycles. The Labute approximate surface area is 196 Å². The van der Waals surface area contributed by atoms with Gasteiger partial charge in [0.1, 0.15) is 18.1 Å². The number of phenols is 1. The molecule has 0 radical (unpaired) electrons. The molecule has 1 fully saturated rings. The molecule has 3 aromatic rings. The molecule has 1 N–H and O–H groups in total. The highest BCUT2D eigenvalue weighted by molar-refractivity contribution is 5.85. The number of rotatable bonds is 6. The normalized spacial score (nSPS) is 18.1. The third kappa shape index (κ3) is 4.87. The average molecular weight is 451 g/mol. The molecule has 0 aromatic heterocycles. The minimum absolute atomic E-state index is 0. The largest absolute Gasteiger partial charge is 0.508 e. The Morgan fingerprint density at radius 2 is 1.62 bits per heavy atom. The lowest BCUT2D eigenvalue weighted by Crippen LogP contribution is -2.36. The van der Waals surface area contributed by atoms with Crippen molar-refractivity contribution in [2.75, 3.05) is 37.7 Å². The van der Waals surface area contributed by atoms with Gasteiger partial charge in [-0.05, 0) is 85.4 Å². The maximum atomic E-state index is 9.99. The Morgan fingerprint density at radius 3 is 2.38 bits per heavy atom. The molecule has 0 spiro atoms. The van der Waals surface area contributed by atoms with Gasteiger partial charge >= 0.3 is 0 Å². The van der Waals surface area contributed by atoms with Crippen LogP contribution in [0.25, 0.3) is 0 Å². The number of aromatic hydroxyl groups is 1. The third-order valence-electron chi connectivity index (χ3n) is 6.51. The Hall–Kier alpha value is -2.69. The highest BCUT2D eigenvalue weighted by Crippen LogP contribution is 2.39. The quantitative estimate of drug-likeness (QED) is 0.542. The number of hydrogen-bond donors (Lipinski definition) is 1. The van der Waals surface area contributed by atoms with Crippen LogP contribution in [0.2, 0.25) is 0 Å².